The Labute approximate surface area is 115 Å². The molecule has 0 radical (unpaired) electrons. The molecular weight excluding hydrogens is 352 g/mol. The van der Waals surface area contributed by atoms with Gasteiger partial charge in [0.1, 0.15) is 0 Å². The van der Waals surface area contributed by atoms with Crippen LogP contribution in [0.4, 0.5) is 0 Å². The van der Waals surface area contributed by atoms with Crippen LogP contribution in [0.15, 0.2) is 44.0 Å². The van der Waals surface area contributed by atoms with Crippen LogP contribution in [0, 0.1) is 0 Å². The Morgan fingerprint density at radius 2 is 2.00 bits per heavy atom. The van der Waals surface area contributed by atoms with Crippen LogP contribution in [0.25, 0.3) is 0 Å². The van der Waals surface area contributed by atoms with E-state index in [9.17, 15) is 4.79 Å². The van der Waals surface area contributed by atoms with Gasteiger partial charge in [0.25, 0.3) is 0 Å². The van der Waals surface area contributed by atoms with Crippen LogP contribution < -0.4 is 0 Å². The van der Waals surface area contributed by atoms with Gasteiger partial charge < -0.3 is 0 Å². The molecule has 1 aromatic heterocycles. The van der Waals surface area contributed by atoms with Gasteiger partial charge in [0.2, 0.25) is 0 Å². The first kappa shape index (κ1) is 12.0. The van der Waals surface area contributed by atoms with E-state index < -0.39 is 0 Å². The first-order valence-corrected chi connectivity index (χ1v) is 7.14. The van der Waals surface area contributed by atoms with Crippen LogP contribution in [0.2, 0.25) is 0 Å². The number of carbonyl (C=O) groups is 1. The maximum Gasteiger partial charge on any atom is 0.168 e. The van der Waals surface area contributed by atoms with Gasteiger partial charge in [-0.2, -0.15) is 0 Å². The molecule has 0 saturated carbocycles. The van der Waals surface area contributed by atoms with Crippen molar-refractivity contribution in [1.29, 1.82) is 0 Å². The topological polar surface area (TPSA) is 17.1 Å². The second-order valence-electron chi connectivity index (χ2n) is 3.33. The molecule has 0 amide bonds. The zero-order valence-electron chi connectivity index (χ0n) is 8.24. The number of ketones is 1. The third kappa shape index (κ3) is 2.81. The molecule has 0 unspecified atom stereocenters. The quantitative estimate of drug-likeness (QED) is 0.726. The molecule has 0 spiro atoms. The summed E-state index contributed by atoms with van der Waals surface area (Å²) in [6, 6.07) is 9.66. The summed E-state index contributed by atoms with van der Waals surface area (Å²) in [5, 5.41) is 1.88. The molecule has 16 heavy (non-hydrogen) atoms. The normalized spacial score (nSPS) is 10.4. The molecule has 1 nitrogen and oxygen atoms in total. The summed E-state index contributed by atoms with van der Waals surface area (Å²) in [6.07, 6.45) is 0.435. The summed E-state index contributed by atoms with van der Waals surface area (Å²) >= 11 is 8.33. The van der Waals surface area contributed by atoms with E-state index in [-0.39, 0.29) is 5.78 Å². The van der Waals surface area contributed by atoms with Gasteiger partial charge in [0, 0.05) is 21.8 Å². The fourth-order valence-corrected chi connectivity index (χ4v) is 2.96. The van der Waals surface area contributed by atoms with Gasteiger partial charge in [-0.15, -0.1) is 11.3 Å². The minimum absolute atomic E-state index is 0.147. The second kappa shape index (κ2) is 5.25. The average Bonchev–Trinajstić information content (AvgIpc) is 2.68. The first-order valence-electron chi connectivity index (χ1n) is 4.67. The molecule has 0 aliphatic carbocycles. The van der Waals surface area contributed by atoms with Gasteiger partial charge in [-0.1, -0.05) is 34.1 Å². The van der Waals surface area contributed by atoms with E-state index in [1.807, 2.05) is 35.7 Å². The highest BCUT2D eigenvalue weighted by molar-refractivity contribution is 9.11. The SMILES string of the molecule is O=C(Cc1ccccc1Br)c1csc(Br)c1. The lowest BCUT2D eigenvalue weighted by Crippen LogP contribution is -2.02. The van der Waals surface area contributed by atoms with E-state index in [2.05, 4.69) is 31.9 Å². The van der Waals surface area contributed by atoms with E-state index in [0.29, 0.717) is 6.42 Å². The zero-order valence-corrected chi connectivity index (χ0v) is 12.2. The molecule has 4 heteroatoms. The smallest absolute Gasteiger partial charge is 0.168 e. The lowest BCUT2D eigenvalue weighted by atomic mass is 10.1. The van der Waals surface area contributed by atoms with Crippen molar-refractivity contribution in [2.75, 3.05) is 0 Å². The number of Topliss-reactive ketones (excluding diaryl/α,β-unsaturated/α-hetero) is 1. The molecule has 82 valence electrons. The van der Waals surface area contributed by atoms with Gasteiger partial charge in [-0.25, -0.2) is 0 Å². The van der Waals surface area contributed by atoms with Crippen LogP contribution in [0.5, 0.6) is 0 Å². The number of rotatable bonds is 3. The molecule has 1 heterocycles. The molecule has 1 aromatic carbocycles. The minimum atomic E-state index is 0.147. The molecule has 2 rings (SSSR count). The lowest BCUT2D eigenvalue weighted by Gasteiger charge is -2.01. The number of benzene rings is 1. The number of hydrogen-bond donors (Lipinski definition) is 0. The lowest BCUT2D eigenvalue weighted by molar-refractivity contribution is 0.0993. The van der Waals surface area contributed by atoms with Crippen molar-refractivity contribution in [3.63, 3.8) is 0 Å². The Kier molecular flexibility index (Phi) is 3.95. The molecule has 0 aliphatic heterocycles. The third-order valence-corrected chi connectivity index (χ3v) is 4.48. The van der Waals surface area contributed by atoms with Crippen molar-refractivity contribution in [3.05, 3.63) is 55.1 Å². The highest BCUT2D eigenvalue weighted by Gasteiger charge is 2.10. The van der Waals surface area contributed by atoms with Crippen LogP contribution in [0.3, 0.4) is 0 Å². The molecule has 2 aromatic rings. The first-order chi connectivity index (χ1) is 7.66. The summed E-state index contributed by atoms with van der Waals surface area (Å²) in [5.41, 5.74) is 1.79. The number of carbonyl (C=O) groups excluding carboxylic acids is 1. The van der Waals surface area contributed by atoms with Crippen molar-refractivity contribution in [2.45, 2.75) is 6.42 Å². The molecule has 0 N–H and O–H groups in total. The molecular formula is C12H8Br2OS. The molecule has 0 bridgehead atoms. The third-order valence-electron chi connectivity index (χ3n) is 2.20. The Hall–Kier alpha value is -0.450. The van der Waals surface area contributed by atoms with Crippen molar-refractivity contribution < 1.29 is 4.79 Å². The molecule has 0 atom stereocenters. The van der Waals surface area contributed by atoms with E-state index >= 15 is 0 Å². The largest absolute Gasteiger partial charge is 0.294 e. The number of hydrogen-bond acceptors (Lipinski definition) is 2. The summed E-state index contributed by atoms with van der Waals surface area (Å²) in [4.78, 5) is 11.9. The Morgan fingerprint density at radius 1 is 1.25 bits per heavy atom. The number of thiophene rings is 1. The minimum Gasteiger partial charge on any atom is -0.294 e. The summed E-state index contributed by atoms with van der Waals surface area (Å²) in [5.74, 6) is 0.147. The van der Waals surface area contributed by atoms with Crippen molar-refractivity contribution in [2.24, 2.45) is 0 Å². The van der Waals surface area contributed by atoms with Gasteiger partial charge in [0.15, 0.2) is 5.78 Å². The fourth-order valence-electron chi connectivity index (χ4n) is 1.37. The van der Waals surface area contributed by atoms with Gasteiger partial charge in [0.05, 0.1) is 3.79 Å². The van der Waals surface area contributed by atoms with Gasteiger partial charge in [-0.3, -0.25) is 4.79 Å². The average molecular weight is 360 g/mol. The standard InChI is InChI=1S/C12H8Br2OS/c13-10-4-2-1-3-8(10)5-11(15)9-6-12(14)16-7-9/h1-4,6-7H,5H2. The zero-order chi connectivity index (χ0) is 11.5. The van der Waals surface area contributed by atoms with Crippen LogP contribution in [-0.2, 0) is 6.42 Å². The van der Waals surface area contributed by atoms with E-state index in [1.165, 1.54) is 11.3 Å². The monoisotopic (exact) mass is 358 g/mol. The van der Waals surface area contributed by atoms with E-state index in [0.717, 1.165) is 19.4 Å². The highest BCUT2D eigenvalue weighted by Crippen LogP contribution is 2.23. The predicted octanol–water partition coefficient (Wildman–Crippen LogP) is 4.70. The predicted molar refractivity (Wildman–Crippen MR) is 74.2 cm³/mol. The summed E-state index contributed by atoms with van der Waals surface area (Å²) in [7, 11) is 0. The fraction of sp³-hybridized carbons (Fsp3) is 0.0833. The Morgan fingerprint density at radius 3 is 2.62 bits per heavy atom. The summed E-state index contributed by atoms with van der Waals surface area (Å²) < 4.78 is 1.97. The highest BCUT2D eigenvalue weighted by atomic mass is 79.9. The van der Waals surface area contributed by atoms with Crippen molar-refractivity contribution in [1.82, 2.24) is 0 Å². The maximum atomic E-state index is 11.9. The molecule has 0 fully saturated rings. The van der Waals surface area contributed by atoms with Crippen LogP contribution >= 0.6 is 43.2 Å². The van der Waals surface area contributed by atoms with Crippen LogP contribution in [-0.4, -0.2) is 5.78 Å². The second-order valence-corrected chi connectivity index (χ2v) is 6.48. The number of halogens is 2. The maximum absolute atomic E-state index is 11.9. The Bertz CT molecular complexity index is 519. The van der Waals surface area contributed by atoms with E-state index in [4.69, 9.17) is 0 Å². The van der Waals surface area contributed by atoms with Gasteiger partial charge in [-0.05, 0) is 33.6 Å². The summed E-state index contributed by atoms with van der Waals surface area (Å²) in [6.45, 7) is 0. The van der Waals surface area contributed by atoms with Crippen LogP contribution in [0.1, 0.15) is 15.9 Å². The van der Waals surface area contributed by atoms with Crippen molar-refractivity contribution in [3.8, 4) is 0 Å². The molecule has 0 aliphatic rings. The Balaban J connectivity index is 2.17. The van der Waals surface area contributed by atoms with Gasteiger partial charge >= 0.3 is 0 Å². The van der Waals surface area contributed by atoms with Crippen molar-refractivity contribution >= 4 is 49.0 Å². The van der Waals surface area contributed by atoms with E-state index in [1.54, 1.807) is 0 Å². The molecule has 0 saturated heterocycles.